The summed E-state index contributed by atoms with van der Waals surface area (Å²) in [6.45, 7) is 0.645. The molecule has 1 aromatic heterocycles. The number of rotatable bonds is 5. The molecule has 3 nitrogen and oxygen atoms in total. The lowest BCUT2D eigenvalue weighted by Crippen LogP contribution is -1.94. The normalized spacial score (nSPS) is 11.5. The third-order valence-corrected chi connectivity index (χ3v) is 2.59. The van der Waals surface area contributed by atoms with Crippen molar-refractivity contribution in [2.75, 3.05) is 6.54 Å². The summed E-state index contributed by atoms with van der Waals surface area (Å²) in [7, 11) is 0. The molecule has 4 heteroatoms. The Morgan fingerprint density at radius 1 is 1.53 bits per heavy atom. The van der Waals surface area contributed by atoms with Crippen LogP contribution in [-0.4, -0.2) is 17.6 Å². The van der Waals surface area contributed by atoms with E-state index in [0.29, 0.717) is 6.54 Å². The Kier molecular flexibility index (Phi) is 4.80. The molecule has 80 valence electrons. The predicted octanol–water partition coefficient (Wildman–Crippen LogP) is 2.21. The van der Waals surface area contributed by atoms with Crippen molar-refractivity contribution in [3.63, 3.8) is 0 Å². The van der Waals surface area contributed by atoms with Crippen LogP contribution in [0, 0.1) is 0 Å². The van der Waals surface area contributed by atoms with Crippen LogP contribution in [0.15, 0.2) is 23.6 Å². The molecule has 1 aromatic rings. The summed E-state index contributed by atoms with van der Waals surface area (Å²) < 4.78 is 0. The largest absolute Gasteiger partial charge is 0.478 e. The molecule has 0 saturated carbocycles. The number of carboxylic acids is 1. The van der Waals surface area contributed by atoms with Crippen LogP contribution in [0.1, 0.15) is 16.9 Å². The van der Waals surface area contributed by atoms with Gasteiger partial charge in [-0.25, -0.2) is 4.79 Å². The highest BCUT2D eigenvalue weighted by atomic mass is 32.1. The second kappa shape index (κ2) is 6.16. The SMILES string of the molecule is NCCC=Cc1csc(/C=C/C(=O)O)c1. The van der Waals surface area contributed by atoms with E-state index in [1.165, 1.54) is 11.3 Å². The molecule has 0 unspecified atom stereocenters. The lowest BCUT2D eigenvalue weighted by Gasteiger charge is -1.84. The molecule has 1 heterocycles. The minimum absolute atomic E-state index is 0.645. The second-order valence-electron chi connectivity index (χ2n) is 2.93. The van der Waals surface area contributed by atoms with Crippen molar-refractivity contribution in [3.05, 3.63) is 34.0 Å². The first-order valence-corrected chi connectivity index (χ1v) is 5.46. The smallest absolute Gasteiger partial charge is 0.328 e. The number of hydrogen-bond acceptors (Lipinski definition) is 3. The van der Waals surface area contributed by atoms with Crippen molar-refractivity contribution in [2.45, 2.75) is 6.42 Å². The zero-order valence-electron chi connectivity index (χ0n) is 8.22. The van der Waals surface area contributed by atoms with Crippen LogP contribution in [0.5, 0.6) is 0 Å². The summed E-state index contributed by atoms with van der Waals surface area (Å²) in [5, 5.41) is 10.4. The van der Waals surface area contributed by atoms with Gasteiger partial charge in [0.15, 0.2) is 0 Å². The van der Waals surface area contributed by atoms with Gasteiger partial charge in [0.2, 0.25) is 0 Å². The van der Waals surface area contributed by atoms with Crippen LogP contribution in [-0.2, 0) is 4.79 Å². The summed E-state index contributed by atoms with van der Waals surface area (Å²) >= 11 is 1.52. The van der Waals surface area contributed by atoms with E-state index in [4.69, 9.17) is 10.8 Å². The molecule has 3 N–H and O–H groups in total. The molecule has 0 atom stereocenters. The van der Waals surface area contributed by atoms with Gasteiger partial charge in [-0.2, -0.15) is 0 Å². The lowest BCUT2D eigenvalue weighted by atomic mass is 10.2. The number of aliphatic carboxylic acids is 1. The van der Waals surface area contributed by atoms with E-state index in [1.807, 2.05) is 23.6 Å². The first-order valence-electron chi connectivity index (χ1n) is 4.58. The maximum Gasteiger partial charge on any atom is 0.328 e. The van der Waals surface area contributed by atoms with Gasteiger partial charge in [-0.1, -0.05) is 12.2 Å². The minimum atomic E-state index is -0.927. The first-order chi connectivity index (χ1) is 7.22. The molecule has 15 heavy (non-hydrogen) atoms. The molecule has 1 rings (SSSR count). The molecule has 0 radical (unpaired) electrons. The van der Waals surface area contributed by atoms with Crippen molar-refractivity contribution in [1.82, 2.24) is 0 Å². The molecular formula is C11H13NO2S. The molecule has 0 amide bonds. The Hall–Kier alpha value is -1.39. The summed E-state index contributed by atoms with van der Waals surface area (Å²) in [4.78, 5) is 11.2. The van der Waals surface area contributed by atoms with Crippen molar-refractivity contribution in [1.29, 1.82) is 0 Å². The Balaban J connectivity index is 2.60. The minimum Gasteiger partial charge on any atom is -0.478 e. The third kappa shape index (κ3) is 4.58. The maximum atomic E-state index is 10.3. The van der Waals surface area contributed by atoms with Crippen LogP contribution in [0.2, 0.25) is 0 Å². The van der Waals surface area contributed by atoms with Gasteiger partial charge in [0, 0.05) is 11.0 Å². The average molecular weight is 223 g/mol. The highest BCUT2D eigenvalue weighted by molar-refractivity contribution is 7.11. The van der Waals surface area contributed by atoms with E-state index >= 15 is 0 Å². The molecule has 0 aromatic carbocycles. The van der Waals surface area contributed by atoms with Gasteiger partial charge in [-0.15, -0.1) is 11.3 Å². The molecule has 0 bridgehead atoms. The highest BCUT2D eigenvalue weighted by Gasteiger charge is 1.94. The van der Waals surface area contributed by atoms with Crippen LogP contribution in [0.4, 0.5) is 0 Å². The third-order valence-electron chi connectivity index (χ3n) is 1.67. The number of nitrogens with two attached hydrogens (primary N) is 1. The van der Waals surface area contributed by atoms with Gasteiger partial charge >= 0.3 is 5.97 Å². The molecule has 0 aliphatic heterocycles. The summed E-state index contributed by atoms with van der Waals surface area (Å²) in [6, 6.07) is 1.94. The zero-order chi connectivity index (χ0) is 11.1. The molecule has 0 spiro atoms. The van der Waals surface area contributed by atoms with Crippen molar-refractivity contribution < 1.29 is 9.90 Å². The Morgan fingerprint density at radius 2 is 2.33 bits per heavy atom. The van der Waals surface area contributed by atoms with Crippen LogP contribution < -0.4 is 5.73 Å². The molecule has 0 fully saturated rings. The molecular weight excluding hydrogens is 210 g/mol. The van der Waals surface area contributed by atoms with Gasteiger partial charge in [0.1, 0.15) is 0 Å². The fourth-order valence-corrected chi connectivity index (χ4v) is 1.78. The van der Waals surface area contributed by atoms with Crippen LogP contribution in [0.3, 0.4) is 0 Å². The van der Waals surface area contributed by atoms with E-state index in [-0.39, 0.29) is 0 Å². The van der Waals surface area contributed by atoms with E-state index in [9.17, 15) is 4.79 Å². The van der Waals surface area contributed by atoms with E-state index in [1.54, 1.807) is 6.08 Å². The fraction of sp³-hybridized carbons (Fsp3) is 0.182. The fourth-order valence-electron chi connectivity index (χ4n) is 1.01. The average Bonchev–Trinajstić information content (AvgIpc) is 2.63. The first kappa shape index (κ1) is 11.7. The standard InChI is InChI=1S/C11H13NO2S/c12-6-2-1-3-9-7-10(15-8-9)4-5-11(13)14/h1,3-5,7-8H,2,6,12H2,(H,13,14)/b3-1?,5-4+. The molecule has 0 aliphatic rings. The number of carboxylic acid groups (broad SMARTS) is 1. The number of carbonyl (C=O) groups is 1. The summed E-state index contributed by atoms with van der Waals surface area (Å²) in [5.74, 6) is -0.927. The van der Waals surface area contributed by atoms with E-state index in [0.717, 1.165) is 22.9 Å². The van der Waals surface area contributed by atoms with Crippen molar-refractivity contribution in [2.24, 2.45) is 5.73 Å². The van der Waals surface area contributed by atoms with E-state index < -0.39 is 5.97 Å². The highest BCUT2D eigenvalue weighted by Crippen LogP contribution is 2.17. The second-order valence-corrected chi connectivity index (χ2v) is 3.88. The van der Waals surface area contributed by atoms with Crippen LogP contribution >= 0.6 is 11.3 Å². The molecule has 0 aliphatic carbocycles. The van der Waals surface area contributed by atoms with E-state index in [2.05, 4.69) is 0 Å². The Morgan fingerprint density at radius 3 is 3.00 bits per heavy atom. The van der Waals surface area contributed by atoms with Gasteiger partial charge in [0.25, 0.3) is 0 Å². The van der Waals surface area contributed by atoms with Crippen LogP contribution in [0.25, 0.3) is 12.2 Å². The molecule has 0 saturated heterocycles. The predicted molar refractivity (Wildman–Crippen MR) is 63.7 cm³/mol. The van der Waals surface area contributed by atoms with Crippen molar-refractivity contribution in [3.8, 4) is 0 Å². The van der Waals surface area contributed by atoms with Gasteiger partial charge in [-0.05, 0) is 36.1 Å². The Labute approximate surface area is 92.5 Å². The number of thiophene rings is 1. The van der Waals surface area contributed by atoms with Gasteiger partial charge in [0.05, 0.1) is 0 Å². The quantitative estimate of drug-likeness (QED) is 0.752. The van der Waals surface area contributed by atoms with Gasteiger partial charge in [-0.3, -0.25) is 0 Å². The zero-order valence-corrected chi connectivity index (χ0v) is 9.04. The summed E-state index contributed by atoms with van der Waals surface area (Å²) in [5.41, 5.74) is 6.44. The van der Waals surface area contributed by atoms with Crippen molar-refractivity contribution >= 4 is 29.5 Å². The lowest BCUT2D eigenvalue weighted by molar-refractivity contribution is -0.131. The summed E-state index contributed by atoms with van der Waals surface area (Å²) in [6.07, 6.45) is 7.58. The number of hydrogen-bond donors (Lipinski definition) is 2. The Bertz CT molecular complexity index is 380. The monoisotopic (exact) mass is 223 g/mol. The van der Waals surface area contributed by atoms with Gasteiger partial charge < -0.3 is 10.8 Å². The maximum absolute atomic E-state index is 10.3. The topological polar surface area (TPSA) is 63.3 Å².